The molecule has 4 unspecified atom stereocenters. The first kappa shape index (κ1) is 14.3. The van der Waals surface area contributed by atoms with Gasteiger partial charge in [0.25, 0.3) is 0 Å². The van der Waals surface area contributed by atoms with Crippen molar-refractivity contribution in [3.63, 3.8) is 0 Å². The van der Waals surface area contributed by atoms with Crippen LogP contribution in [0.25, 0.3) is 0 Å². The molecule has 2 aliphatic heterocycles. The van der Waals surface area contributed by atoms with Crippen LogP contribution in [0.2, 0.25) is 0 Å². The van der Waals surface area contributed by atoms with Crippen molar-refractivity contribution in [2.24, 2.45) is 22.7 Å². The molecule has 0 radical (unpaired) electrons. The van der Waals surface area contributed by atoms with Crippen molar-refractivity contribution in [2.75, 3.05) is 13.2 Å². The Bertz CT molecular complexity index is 290. The number of hydrogen-bond acceptors (Lipinski definition) is 2. The summed E-state index contributed by atoms with van der Waals surface area (Å²) in [6.07, 6.45) is 3.15. The van der Waals surface area contributed by atoms with Gasteiger partial charge in [-0.05, 0) is 17.3 Å². The van der Waals surface area contributed by atoms with E-state index in [0.29, 0.717) is 29.5 Å². The molecule has 2 aliphatic rings. The first-order valence-corrected chi connectivity index (χ1v) is 7.50. The number of ether oxygens (including phenoxy) is 2. The van der Waals surface area contributed by atoms with Crippen LogP contribution in [-0.2, 0) is 9.47 Å². The molecule has 2 heterocycles. The fourth-order valence-electron chi connectivity index (χ4n) is 3.74. The zero-order valence-electron chi connectivity index (χ0n) is 13.0. The van der Waals surface area contributed by atoms with Crippen molar-refractivity contribution in [2.45, 2.75) is 66.6 Å². The summed E-state index contributed by atoms with van der Waals surface area (Å²) in [5.74, 6) is 1.11. The Kier molecular flexibility index (Phi) is 3.81. The molecule has 2 heteroatoms. The average Bonchev–Trinajstić information content (AvgIpc) is 2.73. The van der Waals surface area contributed by atoms with E-state index in [2.05, 4.69) is 41.5 Å². The molecule has 2 rings (SSSR count). The Morgan fingerprint density at radius 3 is 1.89 bits per heavy atom. The summed E-state index contributed by atoms with van der Waals surface area (Å²) in [6.45, 7) is 15.7. The highest BCUT2D eigenvalue weighted by molar-refractivity contribution is 5.01. The van der Waals surface area contributed by atoms with Gasteiger partial charge < -0.3 is 9.47 Å². The van der Waals surface area contributed by atoms with Crippen LogP contribution in [0.5, 0.6) is 0 Å². The molecule has 0 aromatic carbocycles. The van der Waals surface area contributed by atoms with Crippen LogP contribution in [0.15, 0.2) is 0 Å². The number of fused-ring (bicyclic) bond motifs is 1. The highest BCUT2D eigenvalue weighted by atomic mass is 16.6. The molecule has 106 valence electrons. The molecule has 0 aromatic heterocycles. The maximum Gasteiger partial charge on any atom is 0.0895 e. The Labute approximate surface area is 112 Å². The SMILES string of the molecule is CCCC(C)(C)C1COC2C1OCC2C(C)(C)C. The fourth-order valence-corrected chi connectivity index (χ4v) is 3.74. The zero-order chi connectivity index (χ0) is 13.6. The molecular formula is C16H30O2. The highest BCUT2D eigenvalue weighted by Crippen LogP contribution is 2.48. The van der Waals surface area contributed by atoms with Gasteiger partial charge in [0.15, 0.2) is 0 Å². The van der Waals surface area contributed by atoms with Crippen molar-refractivity contribution >= 4 is 0 Å². The van der Waals surface area contributed by atoms with Crippen molar-refractivity contribution in [3.05, 3.63) is 0 Å². The average molecular weight is 254 g/mol. The second-order valence-corrected chi connectivity index (χ2v) is 7.91. The number of hydrogen-bond donors (Lipinski definition) is 0. The molecule has 18 heavy (non-hydrogen) atoms. The van der Waals surface area contributed by atoms with Crippen LogP contribution in [0.3, 0.4) is 0 Å². The minimum Gasteiger partial charge on any atom is -0.375 e. The summed E-state index contributed by atoms with van der Waals surface area (Å²) in [6, 6.07) is 0. The van der Waals surface area contributed by atoms with Gasteiger partial charge in [0, 0.05) is 11.8 Å². The van der Waals surface area contributed by atoms with E-state index in [9.17, 15) is 0 Å². The summed E-state index contributed by atoms with van der Waals surface area (Å²) in [5.41, 5.74) is 0.615. The second kappa shape index (κ2) is 4.79. The van der Waals surface area contributed by atoms with Gasteiger partial charge >= 0.3 is 0 Å². The van der Waals surface area contributed by atoms with Crippen molar-refractivity contribution in [3.8, 4) is 0 Å². The summed E-state index contributed by atoms with van der Waals surface area (Å²) in [7, 11) is 0. The molecule has 0 aromatic rings. The van der Waals surface area contributed by atoms with E-state index in [1.54, 1.807) is 0 Å². The third-order valence-electron chi connectivity index (χ3n) is 5.06. The summed E-state index contributed by atoms with van der Waals surface area (Å²) < 4.78 is 12.3. The van der Waals surface area contributed by atoms with Crippen LogP contribution >= 0.6 is 0 Å². The van der Waals surface area contributed by atoms with Gasteiger partial charge in [0.05, 0.1) is 25.4 Å². The standard InChI is InChI=1S/C16H30O2/c1-7-8-16(5,6)12-10-18-13-11(15(2,3)4)9-17-14(12)13/h11-14H,7-10H2,1-6H3. The predicted octanol–water partition coefficient (Wildman–Crippen LogP) is 3.89. The van der Waals surface area contributed by atoms with Gasteiger partial charge in [-0.25, -0.2) is 0 Å². The normalized spacial score (nSPS) is 37.0. The lowest BCUT2D eigenvalue weighted by atomic mass is 9.71. The van der Waals surface area contributed by atoms with E-state index in [1.807, 2.05) is 0 Å². The summed E-state index contributed by atoms with van der Waals surface area (Å²) in [5, 5.41) is 0. The van der Waals surface area contributed by atoms with E-state index < -0.39 is 0 Å². The van der Waals surface area contributed by atoms with Crippen molar-refractivity contribution in [1.82, 2.24) is 0 Å². The highest BCUT2D eigenvalue weighted by Gasteiger charge is 2.54. The molecule has 0 bridgehead atoms. The van der Waals surface area contributed by atoms with E-state index in [0.717, 1.165) is 13.2 Å². The Morgan fingerprint density at radius 2 is 1.39 bits per heavy atom. The van der Waals surface area contributed by atoms with Crippen LogP contribution in [0, 0.1) is 22.7 Å². The quantitative estimate of drug-likeness (QED) is 0.760. The maximum atomic E-state index is 6.14. The van der Waals surface area contributed by atoms with Crippen LogP contribution in [0.4, 0.5) is 0 Å². The van der Waals surface area contributed by atoms with E-state index in [1.165, 1.54) is 12.8 Å². The minimum atomic E-state index is 0.281. The minimum absolute atomic E-state index is 0.281. The maximum absolute atomic E-state index is 6.14. The van der Waals surface area contributed by atoms with Gasteiger partial charge in [0.2, 0.25) is 0 Å². The predicted molar refractivity (Wildman–Crippen MR) is 74.6 cm³/mol. The van der Waals surface area contributed by atoms with Crippen LogP contribution in [0.1, 0.15) is 54.4 Å². The smallest absolute Gasteiger partial charge is 0.0895 e. The third kappa shape index (κ3) is 2.46. The van der Waals surface area contributed by atoms with Crippen molar-refractivity contribution in [1.29, 1.82) is 0 Å². The molecule has 2 nitrogen and oxygen atoms in total. The van der Waals surface area contributed by atoms with Gasteiger partial charge in [-0.2, -0.15) is 0 Å². The Morgan fingerprint density at radius 1 is 0.889 bits per heavy atom. The molecule has 4 atom stereocenters. The molecule has 0 saturated carbocycles. The summed E-state index contributed by atoms with van der Waals surface area (Å²) in [4.78, 5) is 0. The van der Waals surface area contributed by atoms with E-state index in [4.69, 9.17) is 9.47 Å². The molecule has 2 fully saturated rings. The zero-order valence-corrected chi connectivity index (χ0v) is 13.0. The van der Waals surface area contributed by atoms with E-state index in [-0.39, 0.29) is 5.41 Å². The molecule has 2 saturated heterocycles. The van der Waals surface area contributed by atoms with Gasteiger partial charge in [0.1, 0.15) is 0 Å². The largest absolute Gasteiger partial charge is 0.375 e. The Hall–Kier alpha value is -0.0800. The molecule has 0 aliphatic carbocycles. The fraction of sp³-hybridized carbons (Fsp3) is 1.00. The molecular weight excluding hydrogens is 224 g/mol. The molecule has 0 amide bonds. The topological polar surface area (TPSA) is 18.5 Å². The van der Waals surface area contributed by atoms with E-state index >= 15 is 0 Å². The third-order valence-corrected chi connectivity index (χ3v) is 5.06. The van der Waals surface area contributed by atoms with Gasteiger partial charge in [-0.15, -0.1) is 0 Å². The summed E-state index contributed by atoms with van der Waals surface area (Å²) >= 11 is 0. The van der Waals surface area contributed by atoms with Crippen LogP contribution < -0.4 is 0 Å². The first-order chi connectivity index (χ1) is 8.27. The lowest BCUT2D eigenvalue weighted by Crippen LogP contribution is -2.37. The number of rotatable bonds is 3. The van der Waals surface area contributed by atoms with Crippen molar-refractivity contribution < 1.29 is 9.47 Å². The van der Waals surface area contributed by atoms with Gasteiger partial charge in [-0.1, -0.05) is 48.0 Å². The molecule has 0 N–H and O–H groups in total. The Balaban J connectivity index is 2.09. The van der Waals surface area contributed by atoms with Gasteiger partial charge in [-0.3, -0.25) is 0 Å². The van der Waals surface area contributed by atoms with Crippen LogP contribution in [-0.4, -0.2) is 25.4 Å². The first-order valence-electron chi connectivity index (χ1n) is 7.50. The molecule has 0 spiro atoms. The lowest BCUT2D eigenvalue weighted by Gasteiger charge is -2.33. The second-order valence-electron chi connectivity index (χ2n) is 7.91. The lowest BCUT2D eigenvalue weighted by molar-refractivity contribution is 0.0153. The monoisotopic (exact) mass is 254 g/mol.